The number of para-hydroxylation sites is 1. The van der Waals surface area contributed by atoms with Gasteiger partial charge in [-0.25, -0.2) is 0 Å². The molecule has 1 amide bonds. The minimum absolute atomic E-state index is 0.00632. The summed E-state index contributed by atoms with van der Waals surface area (Å²) >= 11 is 0. The minimum Gasteiger partial charge on any atom is -0.491 e. The summed E-state index contributed by atoms with van der Waals surface area (Å²) in [5.74, 6) is -0.375. The quantitative estimate of drug-likeness (QED) is 0.647. The molecule has 3 heterocycles. The molecule has 0 bridgehead atoms. The van der Waals surface area contributed by atoms with Crippen LogP contribution in [0.1, 0.15) is 16.8 Å². The molecule has 0 saturated heterocycles. The zero-order valence-electron chi connectivity index (χ0n) is 15.5. The highest BCUT2D eigenvalue weighted by Crippen LogP contribution is 2.53. The number of rotatable bonds is 3. The van der Waals surface area contributed by atoms with Gasteiger partial charge in [0.05, 0.1) is 12.2 Å². The first-order valence-electron chi connectivity index (χ1n) is 9.23. The van der Waals surface area contributed by atoms with E-state index in [0.29, 0.717) is 5.56 Å². The van der Waals surface area contributed by atoms with Gasteiger partial charge in [0.15, 0.2) is 0 Å². The average molecular weight is 412 g/mol. The SMILES string of the molecule is O=C1N(Cc2ccccn2)c2ccccc2C12COc1cc(OC(F)(F)F)ccc12. The molecule has 2 aliphatic heterocycles. The van der Waals surface area contributed by atoms with Gasteiger partial charge in [-0.2, -0.15) is 0 Å². The smallest absolute Gasteiger partial charge is 0.491 e. The summed E-state index contributed by atoms with van der Waals surface area (Å²) in [7, 11) is 0. The van der Waals surface area contributed by atoms with Crippen molar-refractivity contribution in [2.75, 3.05) is 11.5 Å². The number of pyridine rings is 1. The summed E-state index contributed by atoms with van der Waals surface area (Å²) in [5.41, 5.74) is 1.63. The lowest BCUT2D eigenvalue weighted by atomic mass is 9.77. The lowest BCUT2D eigenvalue weighted by Crippen LogP contribution is -2.42. The molecule has 3 aromatic rings. The van der Waals surface area contributed by atoms with Gasteiger partial charge in [0.2, 0.25) is 5.91 Å². The maximum Gasteiger partial charge on any atom is 0.573 e. The number of nitrogens with zero attached hydrogens (tertiary/aromatic N) is 2. The molecule has 0 N–H and O–H groups in total. The maximum atomic E-state index is 13.7. The average Bonchev–Trinajstić information content (AvgIpc) is 3.20. The highest BCUT2D eigenvalue weighted by molar-refractivity contribution is 6.11. The number of amides is 1. The maximum absolute atomic E-state index is 13.7. The normalized spacial score (nSPS) is 19.6. The van der Waals surface area contributed by atoms with Gasteiger partial charge >= 0.3 is 6.36 Å². The number of fused-ring (bicyclic) bond motifs is 4. The van der Waals surface area contributed by atoms with E-state index in [4.69, 9.17) is 4.74 Å². The lowest BCUT2D eigenvalue weighted by Gasteiger charge is -2.23. The van der Waals surface area contributed by atoms with Crippen LogP contribution >= 0.6 is 0 Å². The van der Waals surface area contributed by atoms with Crippen molar-refractivity contribution >= 4 is 11.6 Å². The first kappa shape index (κ1) is 18.5. The highest BCUT2D eigenvalue weighted by atomic mass is 19.4. The second-order valence-electron chi connectivity index (χ2n) is 7.13. The Kier molecular flexibility index (Phi) is 3.99. The van der Waals surface area contributed by atoms with Gasteiger partial charge in [-0.3, -0.25) is 9.78 Å². The number of anilines is 1. The van der Waals surface area contributed by atoms with Crippen molar-refractivity contribution in [2.24, 2.45) is 0 Å². The first-order valence-corrected chi connectivity index (χ1v) is 9.23. The van der Waals surface area contributed by atoms with E-state index in [1.165, 1.54) is 18.2 Å². The fourth-order valence-electron chi connectivity index (χ4n) is 4.17. The van der Waals surface area contributed by atoms with Crippen LogP contribution in [0.2, 0.25) is 0 Å². The van der Waals surface area contributed by atoms with Gasteiger partial charge in [-0.05, 0) is 29.8 Å². The third kappa shape index (κ3) is 2.79. The van der Waals surface area contributed by atoms with Crippen LogP contribution in [0.15, 0.2) is 66.9 Å². The lowest BCUT2D eigenvalue weighted by molar-refractivity contribution is -0.274. The summed E-state index contributed by atoms with van der Waals surface area (Å²) in [6.07, 6.45) is -3.15. The van der Waals surface area contributed by atoms with Crippen molar-refractivity contribution in [1.29, 1.82) is 0 Å². The molecule has 8 heteroatoms. The van der Waals surface area contributed by atoms with Crippen molar-refractivity contribution < 1.29 is 27.4 Å². The van der Waals surface area contributed by atoms with Crippen LogP contribution in [0.4, 0.5) is 18.9 Å². The molecule has 0 radical (unpaired) electrons. The molecule has 152 valence electrons. The standard InChI is InChI=1S/C22H15F3N2O3/c23-22(24,25)30-15-8-9-17-19(11-15)29-13-21(17)16-6-1-2-7-18(16)27(20(21)28)12-14-5-3-4-10-26-14/h1-11H,12-13H2. The topological polar surface area (TPSA) is 51.7 Å². The van der Waals surface area contributed by atoms with Gasteiger partial charge in [-0.15, -0.1) is 13.2 Å². The van der Waals surface area contributed by atoms with Crippen LogP contribution in [0.5, 0.6) is 11.5 Å². The molecule has 1 atom stereocenters. The van der Waals surface area contributed by atoms with Gasteiger partial charge in [0.25, 0.3) is 0 Å². The molecule has 1 spiro atoms. The van der Waals surface area contributed by atoms with Gasteiger partial charge < -0.3 is 14.4 Å². The molecule has 0 aliphatic carbocycles. The molecule has 5 nitrogen and oxygen atoms in total. The van der Waals surface area contributed by atoms with Gasteiger partial charge in [-0.1, -0.05) is 30.3 Å². The predicted molar refractivity (Wildman–Crippen MR) is 101 cm³/mol. The van der Waals surface area contributed by atoms with Gasteiger partial charge in [0.1, 0.15) is 23.5 Å². The van der Waals surface area contributed by atoms with Crippen molar-refractivity contribution in [1.82, 2.24) is 4.98 Å². The number of carbonyl (C=O) groups excluding carboxylic acids is 1. The molecule has 1 aromatic heterocycles. The number of hydrogen-bond donors (Lipinski definition) is 0. The summed E-state index contributed by atoms with van der Waals surface area (Å²) in [6, 6.07) is 16.7. The molecule has 2 aromatic carbocycles. The third-order valence-electron chi connectivity index (χ3n) is 5.40. The van der Waals surface area contributed by atoms with Crippen molar-refractivity contribution in [3.8, 4) is 11.5 Å². The number of halogens is 3. The Hall–Kier alpha value is -3.55. The van der Waals surface area contributed by atoms with Crippen LogP contribution in [-0.2, 0) is 16.8 Å². The molecular weight excluding hydrogens is 397 g/mol. The number of alkyl halides is 3. The van der Waals surface area contributed by atoms with E-state index in [-0.39, 0.29) is 30.6 Å². The minimum atomic E-state index is -4.81. The number of aromatic nitrogens is 1. The Balaban J connectivity index is 1.58. The Labute approximate surface area is 169 Å². The highest BCUT2D eigenvalue weighted by Gasteiger charge is 2.56. The Morgan fingerprint density at radius 3 is 2.63 bits per heavy atom. The van der Waals surface area contributed by atoms with E-state index in [2.05, 4.69) is 9.72 Å². The summed E-state index contributed by atoms with van der Waals surface area (Å²) in [6.45, 7) is 0.287. The fraction of sp³-hybridized carbons (Fsp3) is 0.182. The van der Waals surface area contributed by atoms with E-state index >= 15 is 0 Å². The zero-order valence-corrected chi connectivity index (χ0v) is 15.5. The summed E-state index contributed by atoms with van der Waals surface area (Å²) in [4.78, 5) is 19.6. The van der Waals surface area contributed by atoms with E-state index < -0.39 is 11.8 Å². The van der Waals surface area contributed by atoms with Crippen LogP contribution in [0.25, 0.3) is 0 Å². The second-order valence-corrected chi connectivity index (χ2v) is 7.13. The van der Waals surface area contributed by atoms with Gasteiger partial charge in [0, 0.05) is 23.5 Å². The van der Waals surface area contributed by atoms with Crippen molar-refractivity contribution in [3.63, 3.8) is 0 Å². The van der Waals surface area contributed by atoms with E-state index in [1.807, 2.05) is 36.4 Å². The Morgan fingerprint density at radius 2 is 1.87 bits per heavy atom. The summed E-state index contributed by atoms with van der Waals surface area (Å²) < 4.78 is 47.4. The molecular formula is C22H15F3N2O3. The second kappa shape index (κ2) is 6.48. The first-order chi connectivity index (χ1) is 14.4. The van der Waals surface area contributed by atoms with Crippen molar-refractivity contribution in [3.05, 3.63) is 83.7 Å². The fourth-order valence-corrected chi connectivity index (χ4v) is 4.17. The molecule has 1 unspecified atom stereocenters. The largest absolute Gasteiger partial charge is 0.573 e. The van der Waals surface area contributed by atoms with E-state index in [0.717, 1.165) is 16.9 Å². The Bertz CT molecular complexity index is 1130. The van der Waals surface area contributed by atoms with E-state index in [9.17, 15) is 18.0 Å². The zero-order chi connectivity index (χ0) is 20.9. The van der Waals surface area contributed by atoms with E-state index in [1.54, 1.807) is 17.2 Å². The molecule has 0 saturated carbocycles. The third-order valence-corrected chi connectivity index (χ3v) is 5.40. The molecule has 0 fully saturated rings. The number of benzene rings is 2. The van der Waals surface area contributed by atoms with Crippen LogP contribution in [-0.4, -0.2) is 23.9 Å². The molecule has 2 aliphatic rings. The van der Waals surface area contributed by atoms with Crippen LogP contribution < -0.4 is 14.4 Å². The van der Waals surface area contributed by atoms with Crippen LogP contribution in [0, 0.1) is 0 Å². The molecule has 30 heavy (non-hydrogen) atoms. The predicted octanol–water partition coefficient (Wildman–Crippen LogP) is 4.21. The number of ether oxygens (including phenoxy) is 2. The molecule has 5 rings (SSSR count). The van der Waals surface area contributed by atoms with Crippen molar-refractivity contribution in [2.45, 2.75) is 18.3 Å². The Morgan fingerprint density at radius 1 is 1.07 bits per heavy atom. The van der Waals surface area contributed by atoms with Crippen LogP contribution in [0.3, 0.4) is 0 Å². The summed E-state index contributed by atoms with van der Waals surface area (Å²) in [5, 5.41) is 0. The number of carbonyl (C=O) groups is 1. The monoisotopic (exact) mass is 412 g/mol. The number of hydrogen-bond acceptors (Lipinski definition) is 4.